The predicted molar refractivity (Wildman–Crippen MR) is 124 cm³/mol. The second-order valence-corrected chi connectivity index (χ2v) is 9.74. The normalized spacial score (nSPS) is 17.7. The van der Waals surface area contributed by atoms with E-state index in [2.05, 4.69) is 31.1 Å². The maximum Gasteiger partial charge on any atom is 0.318 e. The molecule has 1 saturated heterocycles. The van der Waals surface area contributed by atoms with Crippen LogP contribution in [0.4, 0.5) is 9.18 Å². The fraction of sp³-hybridized carbons (Fsp3) is 0.500. The van der Waals surface area contributed by atoms with Gasteiger partial charge in [0.15, 0.2) is 0 Å². The van der Waals surface area contributed by atoms with Crippen LogP contribution in [0.15, 0.2) is 48.5 Å². The number of halogens is 1. The Morgan fingerprint density at radius 3 is 2.31 bits per heavy atom. The number of rotatable bonds is 9. The van der Waals surface area contributed by atoms with Crippen molar-refractivity contribution in [3.8, 4) is 5.75 Å². The number of carbonyl (C=O) groups excluding carboxylic acids is 1. The lowest BCUT2D eigenvalue weighted by atomic mass is 9.88. The van der Waals surface area contributed by atoms with Crippen molar-refractivity contribution in [1.29, 1.82) is 0 Å². The summed E-state index contributed by atoms with van der Waals surface area (Å²) in [5, 5.41) is 3.12. The van der Waals surface area contributed by atoms with Gasteiger partial charge in [0.25, 0.3) is 0 Å². The van der Waals surface area contributed by atoms with E-state index < -0.39 is 0 Å². The van der Waals surface area contributed by atoms with Crippen LogP contribution >= 0.6 is 0 Å². The van der Waals surface area contributed by atoms with Gasteiger partial charge in [-0.3, -0.25) is 0 Å². The zero-order chi connectivity index (χ0) is 22.7. The summed E-state index contributed by atoms with van der Waals surface area (Å²) in [7, 11) is 2.12. The quantitative estimate of drug-likeness (QED) is 0.618. The fourth-order valence-electron chi connectivity index (χ4n) is 4.51. The lowest BCUT2D eigenvalue weighted by molar-refractivity contribution is 0.0349. The van der Waals surface area contributed by atoms with Crippen LogP contribution in [-0.4, -0.2) is 48.1 Å². The molecule has 4 rings (SSSR count). The molecule has 2 aromatic rings. The first-order valence-corrected chi connectivity index (χ1v) is 11.6. The topological polar surface area (TPSA) is 44.8 Å². The third-order valence-corrected chi connectivity index (χ3v) is 6.57. The first-order chi connectivity index (χ1) is 15.4. The first kappa shape index (κ1) is 22.6. The van der Waals surface area contributed by atoms with E-state index in [1.165, 1.54) is 12.1 Å². The molecule has 2 aromatic carbocycles. The number of benzene rings is 2. The molecule has 2 fully saturated rings. The predicted octanol–water partition coefficient (Wildman–Crippen LogP) is 4.67. The minimum Gasteiger partial charge on any atom is -0.493 e. The molecule has 0 unspecified atom stereocenters. The van der Waals surface area contributed by atoms with E-state index in [0.29, 0.717) is 31.5 Å². The lowest BCUT2D eigenvalue weighted by Gasteiger charge is -2.46. The van der Waals surface area contributed by atoms with Crippen molar-refractivity contribution >= 4 is 6.03 Å². The maximum atomic E-state index is 13.4. The maximum absolute atomic E-state index is 13.4. The summed E-state index contributed by atoms with van der Waals surface area (Å²) < 4.78 is 19.1. The lowest BCUT2D eigenvalue weighted by Crippen LogP contribution is -2.59. The number of hydrogen-bond acceptors (Lipinski definition) is 3. The molecule has 0 aromatic heterocycles. The minimum absolute atomic E-state index is 0.0542. The Labute approximate surface area is 190 Å². The fourth-order valence-corrected chi connectivity index (χ4v) is 4.51. The van der Waals surface area contributed by atoms with Crippen molar-refractivity contribution < 1.29 is 13.9 Å². The van der Waals surface area contributed by atoms with Crippen LogP contribution in [-0.2, 0) is 13.1 Å². The molecule has 0 radical (unpaired) electrons. The molecule has 1 N–H and O–H groups in total. The molecule has 2 aliphatic rings. The van der Waals surface area contributed by atoms with Crippen molar-refractivity contribution in [2.75, 3.05) is 26.7 Å². The summed E-state index contributed by atoms with van der Waals surface area (Å²) in [6.07, 6.45) is 2.06. The molecule has 6 heteroatoms. The zero-order valence-electron chi connectivity index (χ0n) is 19.3. The number of likely N-dealkylation sites (tertiary alicyclic amines) is 1. The molecule has 1 heterocycles. The third-order valence-electron chi connectivity index (χ3n) is 6.57. The SMILES string of the molecule is CC(C)COc1ccc(CNC(=O)N(Cc2ccc(F)cc2)C2(C3CN(C)C3)CC2)cc1. The van der Waals surface area contributed by atoms with Crippen LogP contribution in [0.1, 0.15) is 37.8 Å². The molecule has 32 heavy (non-hydrogen) atoms. The average Bonchev–Trinajstić information content (AvgIpc) is 3.55. The summed E-state index contributed by atoms with van der Waals surface area (Å²) in [4.78, 5) is 17.6. The Morgan fingerprint density at radius 2 is 1.75 bits per heavy atom. The largest absolute Gasteiger partial charge is 0.493 e. The Hall–Kier alpha value is -2.60. The van der Waals surface area contributed by atoms with E-state index in [4.69, 9.17) is 4.74 Å². The van der Waals surface area contributed by atoms with Gasteiger partial charge in [-0.1, -0.05) is 38.1 Å². The minimum atomic E-state index is -0.257. The zero-order valence-corrected chi connectivity index (χ0v) is 19.3. The van der Waals surface area contributed by atoms with Gasteiger partial charge in [-0.05, 0) is 61.2 Å². The van der Waals surface area contributed by atoms with E-state index in [1.54, 1.807) is 12.1 Å². The van der Waals surface area contributed by atoms with E-state index >= 15 is 0 Å². The Morgan fingerprint density at radius 1 is 1.12 bits per heavy atom. The summed E-state index contributed by atoms with van der Waals surface area (Å²) in [5.41, 5.74) is 1.90. The highest BCUT2D eigenvalue weighted by Gasteiger charge is 2.58. The molecule has 0 bridgehead atoms. The summed E-state index contributed by atoms with van der Waals surface area (Å²) in [6, 6.07) is 14.3. The van der Waals surface area contributed by atoms with Crippen LogP contribution in [0.2, 0.25) is 0 Å². The van der Waals surface area contributed by atoms with Gasteiger partial charge in [0.2, 0.25) is 0 Å². The number of urea groups is 1. The van der Waals surface area contributed by atoms with E-state index in [1.807, 2.05) is 29.2 Å². The van der Waals surface area contributed by atoms with Gasteiger partial charge in [-0.2, -0.15) is 0 Å². The van der Waals surface area contributed by atoms with Crippen molar-refractivity contribution in [2.24, 2.45) is 11.8 Å². The van der Waals surface area contributed by atoms with Gasteiger partial charge < -0.3 is 19.9 Å². The Bertz CT molecular complexity index is 904. The summed E-state index contributed by atoms with van der Waals surface area (Å²) in [5.74, 6) is 1.56. The number of carbonyl (C=O) groups is 1. The number of hydrogen-bond donors (Lipinski definition) is 1. The molecule has 5 nitrogen and oxygen atoms in total. The molecule has 0 atom stereocenters. The first-order valence-electron chi connectivity index (χ1n) is 11.6. The van der Waals surface area contributed by atoms with Crippen LogP contribution in [0.25, 0.3) is 0 Å². The van der Waals surface area contributed by atoms with Gasteiger partial charge in [0.1, 0.15) is 11.6 Å². The number of nitrogens with zero attached hydrogens (tertiary/aromatic N) is 2. The van der Waals surface area contributed by atoms with Gasteiger partial charge in [-0.15, -0.1) is 0 Å². The summed E-state index contributed by atoms with van der Waals surface area (Å²) >= 11 is 0. The second-order valence-electron chi connectivity index (χ2n) is 9.74. The van der Waals surface area contributed by atoms with E-state index in [0.717, 1.165) is 42.8 Å². The summed E-state index contributed by atoms with van der Waals surface area (Å²) in [6.45, 7) is 7.92. The van der Waals surface area contributed by atoms with E-state index in [-0.39, 0.29) is 17.4 Å². The third kappa shape index (κ3) is 5.23. The van der Waals surface area contributed by atoms with Gasteiger partial charge >= 0.3 is 6.03 Å². The van der Waals surface area contributed by atoms with Crippen molar-refractivity contribution in [3.63, 3.8) is 0 Å². The standard InChI is InChI=1S/C26H34FN3O2/c1-19(2)18-32-24-10-6-20(7-11-24)14-28-25(31)30(15-21-4-8-23(27)9-5-21)26(12-13-26)22-16-29(3)17-22/h4-11,19,22H,12-18H2,1-3H3,(H,28,31). The van der Waals surface area contributed by atoms with Crippen molar-refractivity contribution in [2.45, 2.75) is 45.3 Å². The molecule has 172 valence electrons. The van der Waals surface area contributed by atoms with Crippen LogP contribution in [0.5, 0.6) is 5.75 Å². The number of amides is 2. The van der Waals surface area contributed by atoms with Crippen molar-refractivity contribution in [3.05, 3.63) is 65.5 Å². The molecule has 1 aliphatic heterocycles. The van der Waals surface area contributed by atoms with Crippen molar-refractivity contribution in [1.82, 2.24) is 15.1 Å². The molecular formula is C26H34FN3O2. The second kappa shape index (κ2) is 9.49. The Balaban J connectivity index is 1.41. The average molecular weight is 440 g/mol. The van der Waals surface area contributed by atoms with Crippen LogP contribution in [0, 0.1) is 17.7 Å². The van der Waals surface area contributed by atoms with Gasteiger partial charge in [0, 0.05) is 32.1 Å². The molecule has 0 spiro atoms. The van der Waals surface area contributed by atoms with E-state index in [9.17, 15) is 9.18 Å². The van der Waals surface area contributed by atoms with Crippen LogP contribution in [0.3, 0.4) is 0 Å². The highest BCUT2D eigenvalue weighted by Crippen LogP contribution is 2.51. The van der Waals surface area contributed by atoms with Gasteiger partial charge in [0.05, 0.1) is 12.1 Å². The molecular weight excluding hydrogens is 405 g/mol. The number of nitrogens with one attached hydrogen (secondary N) is 1. The Kier molecular flexibility index (Phi) is 6.70. The molecule has 2 amide bonds. The molecule has 1 saturated carbocycles. The smallest absolute Gasteiger partial charge is 0.318 e. The highest BCUT2D eigenvalue weighted by molar-refractivity contribution is 5.76. The van der Waals surface area contributed by atoms with Crippen LogP contribution < -0.4 is 10.1 Å². The van der Waals surface area contributed by atoms with Gasteiger partial charge in [-0.25, -0.2) is 9.18 Å². The molecule has 1 aliphatic carbocycles. The monoisotopic (exact) mass is 439 g/mol. The highest BCUT2D eigenvalue weighted by atomic mass is 19.1. The number of ether oxygens (including phenoxy) is 1.